The zero-order valence-electron chi connectivity index (χ0n) is 14.9. The molecule has 3 rings (SSSR count). The average Bonchev–Trinajstić information content (AvgIpc) is 2.71. The van der Waals surface area contributed by atoms with E-state index in [-0.39, 0.29) is 11.8 Å². The monoisotopic (exact) mass is 378 g/mol. The van der Waals surface area contributed by atoms with Crippen LogP contribution in [0.1, 0.15) is 27.6 Å². The fourth-order valence-corrected chi connectivity index (χ4v) is 2.94. The van der Waals surface area contributed by atoms with Crippen molar-refractivity contribution in [1.29, 1.82) is 0 Å². The Bertz CT molecular complexity index is 957. The van der Waals surface area contributed by atoms with Gasteiger partial charge in [0.2, 0.25) is 0 Å². The Morgan fingerprint density at radius 2 is 1.56 bits per heavy atom. The van der Waals surface area contributed by atoms with E-state index in [4.69, 9.17) is 11.6 Å². The largest absolute Gasteiger partial charge is 0.321 e. The number of anilines is 2. The number of hydrogen-bond donors (Lipinski definition) is 1. The summed E-state index contributed by atoms with van der Waals surface area (Å²) in [6.45, 7) is 2.44. The molecule has 4 nitrogen and oxygen atoms in total. The van der Waals surface area contributed by atoms with Crippen LogP contribution in [0, 0.1) is 0 Å². The van der Waals surface area contributed by atoms with Crippen LogP contribution in [0.2, 0.25) is 5.02 Å². The maximum absolute atomic E-state index is 12.9. The van der Waals surface area contributed by atoms with Crippen molar-refractivity contribution >= 4 is 34.8 Å². The quantitative estimate of drug-likeness (QED) is 0.658. The van der Waals surface area contributed by atoms with Crippen LogP contribution >= 0.6 is 11.6 Å². The van der Waals surface area contributed by atoms with Crippen molar-refractivity contribution in [3.63, 3.8) is 0 Å². The molecule has 0 aliphatic carbocycles. The summed E-state index contributed by atoms with van der Waals surface area (Å²) in [5, 5.41) is 3.23. The molecule has 0 bridgehead atoms. The molecule has 1 N–H and O–H groups in total. The summed E-state index contributed by atoms with van der Waals surface area (Å²) >= 11 is 6.09. The number of carbonyl (C=O) groups is 2. The zero-order chi connectivity index (χ0) is 19.2. The third-order valence-electron chi connectivity index (χ3n) is 4.12. The van der Waals surface area contributed by atoms with Crippen LogP contribution in [0.25, 0.3) is 0 Å². The predicted molar refractivity (Wildman–Crippen MR) is 110 cm³/mol. The van der Waals surface area contributed by atoms with E-state index in [2.05, 4.69) is 5.32 Å². The van der Waals surface area contributed by atoms with E-state index in [0.717, 1.165) is 5.69 Å². The van der Waals surface area contributed by atoms with Gasteiger partial charge in [0.25, 0.3) is 11.8 Å². The number of nitrogens with zero attached hydrogens (tertiary/aromatic N) is 1. The van der Waals surface area contributed by atoms with Crippen LogP contribution in [0.3, 0.4) is 0 Å². The van der Waals surface area contributed by atoms with Crippen molar-refractivity contribution in [3.8, 4) is 0 Å². The Balaban J connectivity index is 1.83. The molecular weight excluding hydrogens is 360 g/mol. The highest BCUT2D eigenvalue weighted by atomic mass is 35.5. The molecule has 3 aromatic carbocycles. The maximum atomic E-state index is 12.9. The SMILES string of the molecule is CCN(C(=O)c1cccc(C(=O)Nc2ccccc2Cl)c1)c1ccccc1. The molecule has 0 fully saturated rings. The van der Waals surface area contributed by atoms with Crippen LogP contribution < -0.4 is 10.2 Å². The highest BCUT2D eigenvalue weighted by Gasteiger charge is 2.17. The van der Waals surface area contributed by atoms with Gasteiger partial charge in [-0.25, -0.2) is 0 Å². The molecule has 0 unspecified atom stereocenters. The second-order valence-electron chi connectivity index (χ2n) is 5.90. The fraction of sp³-hybridized carbons (Fsp3) is 0.0909. The van der Waals surface area contributed by atoms with E-state index in [1.807, 2.05) is 37.3 Å². The summed E-state index contributed by atoms with van der Waals surface area (Å²) in [5.41, 5.74) is 2.19. The predicted octanol–water partition coefficient (Wildman–Crippen LogP) is 5.26. The summed E-state index contributed by atoms with van der Waals surface area (Å²) in [7, 11) is 0. The highest BCUT2D eigenvalue weighted by Crippen LogP contribution is 2.22. The first-order valence-electron chi connectivity index (χ1n) is 8.63. The van der Waals surface area contributed by atoms with E-state index in [1.54, 1.807) is 53.4 Å². The molecule has 3 aromatic rings. The van der Waals surface area contributed by atoms with Crippen LogP contribution in [0.5, 0.6) is 0 Å². The van der Waals surface area contributed by atoms with E-state index in [1.165, 1.54) is 0 Å². The van der Waals surface area contributed by atoms with Gasteiger partial charge in [-0.2, -0.15) is 0 Å². The van der Waals surface area contributed by atoms with Crippen molar-refractivity contribution in [2.75, 3.05) is 16.8 Å². The lowest BCUT2D eigenvalue weighted by Gasteiger charge is -2.21. The van der Waals surface area contributed by atoms with Crippen LogP contribution in [0.4, 0.5) is 11.4 Å². The average molecular weight is 379 g/mol. The minimum Gasteiger partial charge on any atom is -0.321 e. The van der Waals surface area contributed by atoms with Gasteiger partial charge in [-0.1, -0.05) is 48.0 Å². The lowest BCUT2D eigenvalue weighted by Crippen LogP contribution is -2.30. The first-order chi connectivity index (χ1) is 13.1. The summed E-state index contributed by atoms with van der Waals surface area (Å²) in [6.07, 6.45) is 0. The molecule has 0 heterocycles. The van der Waals surface area contributed by atoms with Gasteiger partial charge >= 0.3 is 0 Å². The third-order valence-corrected chi connectivity index (χ3v) is 4.45. The number of benzene rings is 3. The Hall–Kier alpha value is -3.11. The normalized spacial score (nSPS) is 10.3. The number of amides is 2. The van der Waals surface area contributed by atoms with Gasteiger partial charge in [-0.15, -0.1) is 0 Å². The molecule has 0 aliphatic heterocycles. The molecule has 0 aromatic heterocycles. The number of nitrogens with one attached hydrogen (secondary N) is 1. The van der Waals surface area contributed by atoms with Gasteiger partial charge in [0.1, 0.15) is 0 Å². The molecule has 5 heteroatoms. The molecule has 0 aliphatic rings. The van der Waals surface area contributed by atoms with Crippen molar-refractivity contribution in [1.82, 2.24) is 0 Å². The van der Waals surface area contributed by atoms with Crippen molar-refractivity contribution in [3.05, 3.63) is 95.0 Å². The number of carbonyl (C=O) groups excluding carboxylic acids is 2. The van der Waals surface area contributed by atoms with Gasteiger partial charge in [0.05, 0.1) is 10.7 Å². The first-order valence-corrected chi connectivity index (χ1v) is 9.01. The topological polar surface area (TPSA) is 49.4 Å². The second-order valence-corrected chi connectivity index (χ2v) is 6.31. The maximum Gasteiger partial charge on any atom is 0.258 e. The van der Waals surface area contributed by atoms with Crippen molar-refractivity contribution in [2.24, 2.45) is 0 Å². The van der Waals surface area contributed by atoms with Gasteiger partial charge in [0, 0.05) is 23.4 Å². The van der Waals surface area contributed by atoms with E-state index < -0.39 is 0 Å². The molecule has 0 radical (unpaired) electrons. The number of para-hydroxylation sites is 2. The number of halogens is 1. The molecular formula is C22H19ClN2O2. The molecule has 0 saturated heterocycles. The second kappa shape index (κ2) is 8.52. The van der Waals surface area contributed by atoms with E-state index >= 15 is 0 Å². The number of hydrogen-bond acceptors (Lipinski definition) is 2. The van der Waals surface area contributed by atoms with Crippen LogP contribution in [0.15, 0.2) is 78.9 Å². The van der Waals surface area contributed by atoms with Crippen LogP contribution in [-0.4, -0.2) is 18.4 Å². The highest BCUT2D eigenvalue weighted by molar-refractivity contribution is 6.33. The standard InChI is InChI=1S/C22H19ClN2O2/c1-2-25(18-11-4-3-5-12-18)22(27)17-10-8-9-16(15-17)21(26)24-20-14-7-6-13-19(20)23/h3-15H,2H2,1H3,(H,24,26). The molecule has 136 valence electrons. The summed E-state index contributed by atoms with van der Waals surface area (Å²) in [5.74, 6) is -0.475. The van der Waals surface area contributed by atoms with Gasteiger partial charge in [0.15, 0.2) is 0 Å². The minimum absolute atomic E-state index is 0.156. The van der Waals surface area contributed by atoms with Crippen molar-refractivity contribution < 1.29 is 9.59 Å². The minimum atomic E-state index is -0.319. The molecule has 0 spiro atoms. The first kappa shape index (κ1) is 18.7. The van der Waals surface area contributed by atoms with Gasteiger partial charge in [-0.3, -0.25) is 9.59 Å². The molecule has 0 atom stereocenters. The lowest BCUT2D eigenvalue weighted by molar-refractivity contribution is 0.0988. The van der Waals surface area contributed by atoms with Gasteiger partial charge in [-0.05, 0) is 49.4 Å². The summed E-state index contributed by atoms with van der Waals surface area (Å²) in [6, 6.07) is 23.1. The lowest BCUT2D eigenvalue weighted by atomic mass is 10.1. The van der Waals surface area contributed by atoms with E-state index in [9.17, 15) is 9.59 Å². The third kappa shape index (κ3) is 4.36. The Kier molecular flexibility index (Phi) is 5.89. The molecule has 0 saturated carbocycles. The van der Waals surface area contributed by atoms with E-state index in [0.29, 0.717) is 28.4 Å². The fourth-order valence-electron chi connectivity index (χ4n) is 2.76. The Labute approximate surface area is 163 Å². The molecule has 27 heavy (non-hydrogen) atoms. The smallest absolute Gasteiger partial charge is 0.258 e. The Morgan fingerprint density at radius 1 is 0.889 bits per heavy atom. The van der Waals surface area contributed by atoms with Gasteiger partial charge < -0.3 is 10.2 Å². The summed E-state index contributed by atoms with van der Waals surface area (Å²) < 4.78 is 0. The van der Waals surface area contributed by atoms with Crippen molar-refractivity contribution in [2.45, 2.75) is 6.92 Å². The number of rotatable bonds is 5. The Morgan fingerprint density at radius 3 is 2.26 bits per heavy atom. The summed E-state index contributed by atoms with van der Waals surface area (Å²) in [4.78, 5) is 27.2. The molecule has 2 amide bonds. The zero-order valence-corrected chi connectivity index (χ0v) is 15.6. The van der Waals surface area contributed by atoms with Crippen LogP contribution in [-0.2, 0) is 0 Å².